The van der Waals surface area contributed by atoms with Gasteiger partial charge in [-0.2, -0.15) is 5.26 Å². The fourth-order valence-electron chi connectivity index (χ4n) is 1.15. The van der Waals surface area contributed by atoms with Gasteiger partial charge in [-0.1, -0.05) is 0 Å². The fraction of sp³-hybridized carbons (Fsp3) is 0. The van der Waals surface area contributed by atoms with Crippen molar-refractivity contribution in [3.63, 3.8) is 0 Å². The quantitative estimate of drug-likeness (QED) is 0.633. The molecule has 0 atom stereocenters. The maximum Gasteiger partial charge on any atom is 0.143 e. The van der Waals surface area contributed by atoms with Crippen LogP contribution in [0.4, 0.5) is 8.78 Å². The summed E-state index contributed by atoms with van der Waals surface area (Å²) in [6, 6.07) is 3.87. The lowest BCUT2D eigenvalue weighted by atomic mass is 10.2. The lowest BCUT2D eigenvalue weighted by molar-refractivity contribution is 0.593. The van der Waals surface area contributed by atoms with Gasteiger partial charge in [0.15, 0.2) is 0 Å². The van der Waals surface area contributed by atoms with E-state index in [-0.39, 0.29) is 0 Å². The summed E-state index contributed by atoms with van der Waals surface area (Å²) in [6.45, 7) is 0. The van der Waals surface area contributed by atoms with Crippen LogP contribution in [0.3, 0.4) is 0 Å². The Kier molecular flexibility index (Phi) is 1.74. The van der Waals surface area contributed by atoms with Gasteiger partial charge in [-0.05, 0) is 6.07 Å². The standard InChI is InChI=1S/C9H3F2NS/c10-6-1-7-5(3-12)4-13-9(7)8(11)2-6/h1-2,4H. The number of nitriles is 1. The van der Waals surface area contributed by atoms with E-state index in [1.807, 2.05) is 6.07 Å². The molecule has 0 aliphatic carbocycles. The third-order valence-corrected chi connectivity index (χ3v) is 2.72. The zero-order valence-corrected chi connectivity index (χ0v) is 7.16. The number of hydrogen-bond acceptors (Lipinski definition) is 2. The molecular weight excluding hydrogens is 192 g/mol. The molecule has 1 aromatic carbocycles. The van der Waals surface area contributed by atoms with E-state index in [2.05, 4.69) is 0 Å². The van der Waals surface area contributed by atoms with Crippen molar-refractivity contribution in [1.82, 2.24) is 0 Å². The molecule has 0 radical (unpaired) electrons. The third kappa shape index (κ3) is 1.18. The molecule has 1 nitrogen and oxygen atoms in total. The highest BCUT2D eigenvalue weighted by molar-refractivity contribution is 7.17. The smallest absolute Gasteiger partial charge is 0.143 e. The van der Waals surface area contributed by atoms with E-state index >= 15 is 0 Å². The number of thiophene rings is 1. The Labute approximate surface area is 76.8 Å². The van der Waals surface area contributed by atoms with Crippen molar-refractivity contribution in [3.8, 4) is 6.07 Å². The molecule has 0 spiro atoms. The molecule has 2 aromatic rings. The summed E-state index contributed by atoms with van der Waals surface area (Å²) in [5.74, 6) is -1.26. The molecule has 64 valence electrons. The Hall–Kier alpha value is -1.47. The topological polar surface area (TPSA) is 23.8 Å². The molecule has 0 unspecified atom stereocenters. The van der Waals surface area contributed by atoms with Crippen LogP contribution in [0.15, 0.2) is 17.5 Å². The van der Waals surface area contributed by atoms with E-state index in [1.165, 1.54) is 11.4 Å². The predicted molar refractivity (Wildman–Crippen MR) is 46.5 cm³/mol. The Morgan fingerprint density at radius 1 is 1.31 bits per heavy atom. The number of rotatable bonds is 0. The number of fused-ring (bicyclic) bond motifs is 1. The summed E-state index contributed by atoms with van der Waals surface area (Å²) < 4.78 is 26.1. The Bertz CT molecular complexity index is 510. The molecule has 0 saturated heterocycles. The van der Waals surface area contributed by atoms with Crippen molar-refractivity contribution in [1.29, 1.82) is 5.26 Å². The minimum atomic E-state index is -0.653. The molecule has 1 aromatic heterocycles. The van der Waals surface area contributed by atoms with E-state index in [0.717, 1.165) is 17.4 Å². The Morgan fingerprint density at radius 3 is 2.77 bits per heavy atom. The van der Waals surface area contributed by atoms with Crippen LogP contribution in [0.5, 0.6) is 0 Å². The van der Waals surface area contributed by atoms with Crippen LogP contribution in [-0.2, 0) is 0 Å². The second kappa shape index (κ2) is 2.79. The second-order valence-electron chi connectivity index (χ2n) is 2.53. The van der Waals surface area contributed by atoms with Gasteiger partial charge in [0.2, 0.25) is 0 Å². The minimum absolute atomic E-state index is 0.318. The van der Waals surface area contributed by atoms with E-state index in [0.29, 0.717) is 15.6 Å². The molecule has 2 rings (SSSR count). The summed E-state index contributed by atoms with van der Waals surface area (Å²) >= 11 is 1.11. The molecular formula is C9H3F2NS. The Balaban J connectivity index is 2.92. The maximum absolute atomic E-state index is 13.1. The van der Waals surface area contributed by atoms with Crippen LogP contribution in [-0.4, -0.2) is 0 Å². The minimum Gasteiger partial charge on any atom is -0.207 e. The summed E-state index contributed by atoms with van der Waals surface area (Å²) in [7, 11) is 0. The first-order chi connectivity index (χ1) is 6.22. The van der Waals surface area contributed by atoms with Gasteiger partial charge in [0.1, 0.15) is 17.7 Å². The van der Waals surface area contributed by atoms with Gasteiger partial charge in [0.05, 0.1) is 10.3 Å². The van der Waals surface area contributed by atoms with Gasteiger partial charge < -0.3 is 0 Å². The average Bonchev–Trinajstić information content (AvgIpc) is 2.47. The van der Waals surface area contributed by atoms with Gasteiger partial charge >= 0.3 is 0 Å². The predicted octanol–water partition coefficient (Wildman–Crippen LogP) is 3.05. The zero-order valence-electron chi connectivity index (χ0n) is 6.34. The van der Waals surface area contributed by atoms with Gasteiger partial charge in [-0.25, -0.2) is 8.78 Å². The second-order valence-corrected chi connectivity index (χ2v) is 3.41. The first-order valence-electron chi connectivity index (χ1n) is 3.48. The van der Waals surface area contributed by atoms with Gasteiger partial charge in [-0.15, -0.1) is 11.3 Å². The number of benzene rings is 1. The van der Waals surface area contributed by atoms with Gasteiger partial charge in [0, 0.05) is 16.8 Å². The average molecular weight is 195 g/mol. The monoisotopic (exact) mass is 195 g/mol. The van der Waals surface area contributed by atoms with Gasteiger partial charge in [-0.3, -0.25) is 0 Å². The highest BCUT2D eigenvalue weighted by atomic mass is 32.1. The number of hydrogen-bond donors (Lipinski definition) is 0. The van der Waals surface area contributed by atoms with Crippen LogP contribution in [0, 0.1) is 23.0 Å². The van der Waals surface area contributed by atoms with Crippen molar-refractivity contribution < 1.29 is 8.78 Å². The van der Waals surface area contributed by atoms with Crippen molar-refractivity contribution in [2.75, 3.05) is 0 Å². The maximum atomic E-state index is 13.1. The first kappa shape index (κ1) is 8.14. The highest BCUT2D eigenvalue weighted by Crippen LogP contribution is 2.28. The molecule has 1 heterocycles. The van der Waals surface area contributed by atoms with E-state index in [9.17, 15) is 8.78 Å². The molecule has 0 N–H and O–H groups in total. The van der Waals surface area contributed by atoms with Crippen molar-refractivity contribution >= 4 is 21.4 Å². The Morgan fingerprint density at radius 2 is 2.08 bits per heavy atom. The molecule has 0 bridgehead atoms. The molecule has 0 aliphatic heterocycles. The lowest BCUT2D eigenvalue weighted by Gasteiger charge is -1.92. The normalized spacial score (nSPS) is 10.2. The SMILES string of the molecule is N#Cc1csc2c(F)cc(F)cc12. The van der Waals surface area contributed by atoms with E-state index in [1.54, 1.807) is 0 Å². The summed E-state index contributed by atoms with van der Waals surface area (Å²) in [5.41, 5.74) is 0.318. The van der Waals surface area contributed by atoms with Crippen molar-refractivity contribution in [2.45, 2.75) is 0 Å². The fourth-order valence-corrected chi connectivity index (χ4v) is 2.03. The number of halogens is 2. The molecule has 13 heavy (non-hydrogen) atoms. The van der Waals surface area contributed by atoms with Gasteiger partial charge in [0.25, 0.3) is 0 Å². The summed E-state index contributed by atoms with van der Waals surface area (Å²) in [6.07, 6.45) is 0. The van der Waals surface area contributed by atoms with Crippen LogP contribution in [0.2, 0.25) is 0 Å². The van der Waals surface area contributed by atoms with Crippen molar-refractivity contribution in [2.24, 2.45) is 0 Å². The largest absolute Gasteiger partial charge is 0.207 e. The van der Waals surface area contributed by atoms with E-state index in [4.69, 9.17) is 5.26 Å². The van der Waals surface area contributed by atoms with Crippen LogP contribution in [0.1, 0.15) is 5.56 Å². The summed E-state index contributed by atoms with van der Waals surface area (Å²) in [5, 5.41) is 10.5. The summed E-state index contributed by atoms with van der Waals surface area (Å²) in [4.78, 5) is 0. The van der Waals surface area contributed by atoms with Crippen LogP contribution in [0.25, 0.3) is 10.1 Å². The van der Waals surface area contributed by atoms with Crippen LogP contribution >= 0.6 is 11.3 Å². The molecule has 0 amide bonds. The first-order valence-corrected chi connectivity index (χ1v) is 4.36. The lowest BCUT2D eigenvalue weighted by Crippen LogP contribution is -1.79. The molecule has 0 saturated carbocycles. The van der Waals surface area contributed by atoms with E-state index < -0.39 is 11.6 Å². The third-order valence-electron chi connectivity index (χ3n) is 1.71. The molecule has 4 heteroatoms. The van der Waals surface area contributed by atoms with Crippen molar-refractivity contribution in [3.05, 3.63) is 34.7 Å². The number of nitrogens with zero attached hydrogens (tertiary/aromatic N) is 1. The molecule has 0 fully saturated rings. The highest BCUT2D eigenvalue weighted by Gasteiger charge is 2.09. The molecule has 0 aliphatic rings. The zero-order chi connectivity index (χ0) is 9.42. The van der Waals surface area contributed by atoms with Crippen LogP contribution < -0.4 is 0 Å².